The summed E-state index contributed by atoms with van der Waals surface area (Å²) in [4.78, 5) is 5.12. The van der Waals surface area contributed by atoms with E-state index >= 15 is 0 Å². The lowest BCUT2D eigenvalue weighted by Gasteiger charge is -2.05. The number of rotatable bonds is 4. The van der Waals surface area contributed by atoms with Crippen molar-refractivity contribution in [2.45, 2.75) is 17.3 Å². The van der Waals surface area contributed by atoms with E-state index in [0.717, 1.165) is 21.8 Å². The molecular weight excluding hydrogens is 289 g/mol. The first-order valence-corrected chi connectivity index (χ1v) is 7.06. The van der Waals surface area contributed by atoms with Crippen LogP contribution in [0.25, 0.3) is 0 Å². The topological polar surface area (TPSA) is 33.1 Å². The molecule has 2 aromatic rings. The zero-order chi connectivity index (χ0) is 13.0. The maximum absolute atomic E-state index is 8.95. The zero-order valence-corrected chi connectivity index (χ0v) is 11.8. The van der Waals surface area contributed by atoms with Gasteiger partial charge >= 0.3 is 0 Å². The molecule has 0 aliphatic carbocycles. The Bertz CT molecular complexity index is 531. The minimum Gasteiger partial charge on any atom is -0.392 e. The van der Waals surface area contributed by atoms with Gasteiger partial charge in [-0.15, -0.1) is 11.8 Å². The van der Waals surface area contributed by atoms with Crippen molar-refractivity contribution in [3.63, 3.8) is 0 Å². The smallest absolute Gasteiger partial charge is 0.134 e. The molecule has 0 bridgehead atoms. The highest BCUT2D eigenvalue weighted by molar-refractivity contribution is 7.98. The van der Waals surface area contributed by atoms with Crippen LogP contribution in [0.5, 0.6) is 0 Å². The molecule has 2 rings (SSSR count). The van der Waals surface area contributed by atoms with Crippen LogP contribution in [-0.4, -0.2) is 10.1 Å². The Labute approximate surface area is 120 Å². The summed E-state index contributed by atoms with van der Waals surface area (Å²) in [7, 11) is 0. The van der Waals surface area contributed by atoms with Gasteiger partial charge in [0.1, 0.15) is 10.3 Å². The van der Waals surface area contributed by atoms with Crippen LogP contribution in [0.15, 0.2) is 41.3 Å². The first kappa shape index (κ1) is 13.7. The molecule has 2 nitrogen and oxygen atoms in total. The summed E-state index contributed by atoms with van der Waals surface area (Å²) in [6.07, 6.45) is 0. The van der Waals surface area contributed by atoms with Gasteiger partial charge in [-0.3, -0.25) is 0 Å². The molecule has 1 aromatic heterocycles. The number of halogens is 2. The number of nitrogens with zero attached hydrogens (tertiary/aromatic N) is 1. The van der Waals surface area contributed by atoms with E-state index in [4.69, 9.17) is 28.3 Å². The Morgan fingerprint density at radius 3 is 2.39 bits per heavy atom. The molecular formula is C13H11Cl2NOS. The van der Waals surface area contributed by atoms with Crippen molar-refractivity contribution >= 4 is 35.0 Å². The molecule has 0 radical (unpaired) electrons. The fraction of sp³-hybridized carbons (Fsp3) is 0.154. The molecule has 0 fully saturated rings. The number of aromatic nitrogens is 1. The summed E-state index contributed by atoms with van der Waals surface area (Å²) in [5.41, 5.74) is 1.86. The summed E-state index contributed by atoms with van der Waals surface area (Å²) >= 11 is 13.4. The van der Waals surface area contributed by atoms with E-state index in [-0.39, 0.29) is 6.61 Å². The van der Waals surface area contributed by atoms with Crippen molar-refractivity contribution in [3.05, 3.63) is 57.8 Å². The van der Waals surface area contributed by atoms with E-state index < -0.39 is 0 Å². The van der Waals surface area contributed by atoms with Crippen molar-refractivity contribution in [1.29, 1.82) is 0 Å². The fourth-order valence-electron chi connectivity index (χ4n) is 1.40. The number of hydrogen-bond acceptors (Lipinski definition) is 3. The number of aliphatic hydroxyl groups excluding tert-OH is 1. The zero-order valence-electron chi connectivity index (χ0n) is 9.44. The van der Waals surface area contributed by atoms with Crippen LogP contribution < -0.4 is 0 Å². The van der Waals surface area contributed by atoms with Crippen molar-refractivity contribution in [3.8, 4) is 0 Å². The molecule has 0 unspecified atom stereocenters. The molecule has 1 aromatic carbocycles. The molecule has 5 heteroatoms. The lowest BCUT2D eigenvalue weighted by Crippen LogP contribution is -1.87. The summed E-state index contributed by atoms with van der Waals surface area (Å²) in [6, 6.07) is 11.4. The molecule has 0 aliphatic heterocycles. The Balaban J connectivity index is 2.02. The third-order valence-electron chi connectivity index (χ3n) is 2.39. The predicted octanol–water partition coefficient (Wildman–Crippen LogP) is 4.17. The van der Waals surface area contributed by atoms with E-state index in [9.17, 15) is 0 Å². The van der Waals surface area contributed by atoms with Crippen LogP contribution in [-0.2, 0) is 12.4 Å². The van der Waals surface area contributed by atoms with Gasteiger partial charge in [0.15, 0.2) is 0 Å². The monoisotopic (exact) mass is 299 g/mol. The van der Waals surface area contributed by atoms with Gasteiger partial charge in [0.2, 0.25) is 0 Å². The maximum Gasteiger partial charge on any atom is 0.134 e. The Hall–Kier alpha value is -0.740. The van der Waals surface area contributed by atoms with Crippen molar-refractivity contribution in [1.82, 2.24) is 4.98 Å². The van der Waals surface area contributed by atoms with Gasteiger partial charge in [0.05, 0.1) is 6.61 Å². The van der Waals surface area contributed by atoms with E-state index in [1.54, 1.807) is 17.8 Å². The Morgan fingerprint density at radius 2 is 1.78 bits per heavy atom. The van der Waals surface area contributed by atoms with Crippen molar-refractivity contribution < 1.29 is 5.11 Å². The van der Waals surface area contributed by atoms with E-state index in [0.29, 0.717) is 10.3 Å². The fourth-order valence-corrected chi connectivity index (χ4v) is 2.78. The van der Waals surface area contributed by atoms with Gasteiger partial charge in [-0.25, -0.2) is 4.98 Å². The van der Waals surface area contributed by atoms with E-state index in [1.807, 2.05) is 30.3 Å². The van der Waals surface area contributed by atoms with Crippen LogP contribution in [0, 0.1) is 0 Å². The quantitative estimate of drug-likeness (QED) is 0.679. The van der Waals surface area contributed by atoms with Gasteiger partial charge in [-0.05, 0) is 29.3 Å². The molecule has 1 N–H and O–H groups in total. The largest absolute Gasteiger partial charge is 0.392 e. The van der Waals surface area contributed by atoms with Gasteiger partial charge in [0.25, 0.3) is 0 Å². The van der Waals surface area contributed by atoms with Crippen molar-refractivity contribution in [2.24, 2.45) is 0 Å². The van der Waals surface area contributed by atoms with Crippen LogP contribution in [0.3, 0.4) is 0 Å². The molecule has 0 atom stereocenters. The molecule has 0 saturated carbocycles. The Morgan fingerprint density at radius 1 is 1.06 bits per heavy atom. The van der Waals surface area contributed by atoms with Crippen molar-refractivity contribution in [2.75, 3.05) is 0 Å². The summed E-state index contributed by atoms with van der Waals surface area (Å²) < 4.78 is 0. The first-order chi connectivity index (χ1) is 8.69. The lowest BCUT2D eigenvalue weighted by molar-refractivity contribution is 0.282. The van der Waals surface area contributed by atoms with Gasteiger partial charge < -0.3 is 5.11 Å². The molecule has 0 aliphatic rings. The summed E-state index contributed by atoms with van der Waals surface area (Å²) in [5.74, 6) is 0.738. The summed E-state index contributed by atoms with van der Waals surface area (Å²) in [6.45, 7) is 0.0673. The number of benzene rings is 1. The predicted molar refractivity (Wildman–Crippen MR) is 76.2 cm³/mol. The van der Waals surface area contributed by atoms with Gasteiger partial charge in [-0.1, -0.05) is 41.4 Å². The average molecular weight is 300 g/mol. The molecule has 0 saturated heterocycles. The van der Waals surface area contributed by atoms with Gasteiger partial charge in [0, 0.05) is 10.6 Å². The second kappa shape index (κ2) is 6.43. The second-order valence-electron chi connectivity index (χ2n) is 3.67. The lowest BCUT2D eigenvalue weighted by atomic mass is 10.2. The number of pyridine rings is 1. The van der Waals surface area contributed by atoms with Crippen LogP contribution >= 0.6 is 35.0 Å². The number of hydrogen-bond donors (Lipinski definition) is 1. The van der Waals surface area contributed by atoms with Crippen LogP contribution in [0.1, 0.15) is 11.1 Å². The molecule has 0 amide bonds. The minimum absolute atomic E-state index is 0.0673. The molecule has 0 spiro atoms. The van der Waals surface area contributed by atoms with Crippen LogP contribution in [0.4, 0.5) is 0 Å². The minimum atomic E-state index is 0.0673. The Kier molecular flexibility index (Phi) is 4.89. The van der Waals surface area contributed by atoms with Gasteiger partial charge in [-0.2, -0.15) is 0 Å². The SMILES string of the molecule is OCc1ccc(SCc2ccc(Cl)nc2Cl)cc1. The molecule has 1 heterocycles. The van der Waals surface area contributed by atoms with Crippen LogP contribution in [0.2, 0.25) is 10.3 Å². The maximum atomic E-state index is 8.95. The summed E-state index contributed by atoms with van der Waals surface area (Å²) in [5, 5.41) is 9.80. The highest BCUT2D eigenvalue weighted by Crippen LogP contribution is 2.26. The molecule has 18 heavy (non-hydrogen) atoms. The highest BCUT2D eigenvalue weighted by Gasteiger charge is 2.03. The standard InChI is InChI=1S/C13H11Cl2NOS/c14-12-6-3-10(13(15)16-12)8-18-11-4-1-9(7-17)2-5-11/h1-6,17H,7-8H2. The third-order valence-corrected chi connectivity index (χ3v) is 3.99. The normalized spacial score (nSPS) is 10.6. The van der Waals surface area contributed by atoms with E-state index in [2.05, 4.69) is 4.98 Å². The number of thioether (sulfide) groups is 1. The first-order valence-electron chi connectivity index (χ1n) is 5.32. The molecule has 94 valence electrons. The van der Waals surface area contributed by atoms with E-state index in [1.165, 1.54) is 0 Å². The number of aliphatic hydroxyl groups is 1. The third kappa shape index (κ3) is 3.62. The highest BCUT2D eigenvalue weighted by atomic mass is 35.5. The second-order valence-corrected chi connectivity index (χ2v) is 5.47. The average Bonchev–Trinajstić information content (AvgIpc) is 2.38.